The second kappa shape index (κ2) is 8.58. The van der Waals surface area contributed by atoms with Crippen molar-refractivity contribution in [3.05, 3.63) is 64.1 Å². The number of alkyl halides is 5. The predicted molar refractivity (Wildman–Crippen MR) is 110 cm³/mol. The van der Waals surface area contributed by atoms with Gasteiger partial charge in [0.2, 0.25) is 6.43 Å². The summed E-state index contributed by atoms with van der Waals surface area (Å²) in [7, 11) is 0. The van der Waals surface area contributed by atoms with Crippen molar-refractivity contribution in [2.45, 2.75) is 45.2 Å². The summed E-state index contributed by atoms with van der Waals surface area (Å²) in [4.78, 5) is 17.3. The lowest BCUT2D eigenvalue weighted by Gasteiger charge is -2.10. The summed E-state index contributed by atoms with van der Waals surface area (Å²) in [5.41, 5.74) is 6.19. The molecule has 0 bridgehead atoms. The molecule has 2 aromatic carbocycles. The van der Waals surface area contributed by atoms with Crippen LogP contribution in [0, 0.1) is 5.82 Å². The zero-order valence-corrected chi connectivity index (χ0v) is 17.1. The lowest BCUT2D eigenvalue weighted by molar-refractivity contribution is -0.140. The zero-order valence-electron chi connectivity index (χ0n) is 17.1. The molecule has 0 fully saturated rings. The Bertz CT molecular complexity index is 1370. The van der Waals surface area contributed by atoms with E-state index in [-0.39, 0.29) is 36.5 Å². The average Bonchev–Trinajstić information content (AvgIpc) is 3.20. The number of fused-ring (bicyclic) bond motifs is 2. The third kappa shape index (κ3) is 4.61. The fourth-order valence-electron chi connectivity index (χ4n) is 3.87. The summed E-state index contributed by atoms with van der Waals surface area (Å²) < 4.78 is 81.9. The van der Waals surface area contributed by atoms with Gasteiger partial charge in [0.15, 0.2) is 0 Å². The van der Waals surface area contributed by atoms with Crippen molar-refractivity contribution in [1.29, 1.82) is 0 Å². The molecule has 6 nitrogen and oxygen atoms in total. The molecule has 0 aliphatic carbocycles. The molecular weight excluding hydrogens is 452 g/mol. The van der Waals surface area contributed by atoms with E-state index in [0.717, 1.165) is 28.3 Å². The Morgan fingerprint density at radius 3 is 2.36 bits per heavy atom. The highest BCUT2D eigenvalue weighted by Crippen LogP contribution is 2.24. The van der Waals surface area contributed by atoms with Crippen molar-refractivity contribution >= 4 is 22.1 Å². The first-order valence-electron chi connectivity index (χ1n) is 9.99. The van der Waals surface area contributed by atoms with Gasteiger partial charge in [-0.2, -0.15) is 13.2 Å². The van der Waals surface area contributed by atoms with Crippen LogP contribution in [0.2, 0.25) is 0 Å². The van der Waals surface area contributed by atoms with Gasteiger partial charge < -0.3 is 10.3 Å². The van der Waals surface area contributed by atoms with Crippen LogP contribution in [0.3, 0.4) is 0 Å². The average molecular weight is 471 g/mol. The van der Waals surface area contributed by atoms with Crippen molar-refractivity contribution in [2.75, 3.05) is 0 Å². The molecule has 0 radical (unpaired) electrons. The van der Waals surface area contributed by atoms with Crippen LogP contribution in [0.25, 0.3) is 22.1 Å². The van der Waals surface area contributed by atoms with Gasteiger partial charge in [-0.3, -0.25) is 9.13 Å². The molecule has 0 saturated carbocycles. The summed E-state index contributed by atoms with van der Waals surface area (Å²) in [6, 6.07) is 8.07. The molecule has 4 rings (SSSR count). The number of benzene rings is 2. The standard InChI is InChI=1S/C21H19F6N5O/c22-13-2-4-16-17(8-13)31(20(33)32(16)11-21(25,26)27)10-19-29-14-7-12(9-28)1-3-15(14)30(19)6-5-18(23)24/h1-4,7-8,18H,5-6,9-11,28H2. The molecule has 0 aliphatic rings. The van der Waals surface area contributed by atoms with Crippen LogP contribution < -0.4 is 11.4 Å². The smallest absolute Gasteiger partial charge is 0.326 e. The van der Waals surface area contributed by atoms with Gasteiger partial charge >= 0.3 is 11.9 Å². The molecule has 0 unspecified atom stereocenters. The van der Waals surface area contributed by atoms with Crippen LogP contribution >= 0.6 is 0 Å². The van der Waals surface area contributed by atoms with Gasteiger partial charge in [-0.25, -0.2) is 22.9 Å². The van der Waals surface area contributed by atoms with E-state index in [2.05, 4.69) is 4.98 Å². The van der Waals surface area contributed by atoms with E-state index in [1.165, 1.54) is 4.57 Å². The van der Waals surface area contributed by atoms with Gasteiger partial charge in [-0.1, -0.05) is 6.07 Å². The first-order chi connectivity index (χ1) is 15.6. The topological polar surface area (TPSA) is 70.8 Å². The second-order valence-corrected chi connectivity index (χ2v) is 7.59. The van der Waals surface area contributed by atoms with Crippen LogP contribution in [0.15, 0.2) is 41.2 Å². The summed E-state index contributed by atoms with van der Waals surface area (Å²) >= 11 is 0. The lowest BCUT2D eigenvalue weighted by Crippen LogP contribution is -2.30. The first kappa shape index (κ1) is 22.9. The van der Waals surface area contributed by atoms with Crippen LogP contribution in [-0.2, 0) is 26.2 Å². The van der Waals surface area contributed by atoms with Crippen LogP contribution in [0.1, 0.15) is 17.8 Å². The monoisotopic (exact) mass is 471 g/mol. The molecule has 0 saturated heterocycles. The minimum atomic E-state index is -4.68. The molecule has 12 heteroatoms. The fraction of sp³-hybridized carbons (Fsp3) is 0.333. The molecule has 176 valence electrons. The van der Waals surface area contributed by atoms with Crippen molar-refractivity contribution in [1.82, 2.24) is 18.7 Å². The highest BCUT2D eigenvalue weighted by atomic mass is 19.4. The Balaban J connectivity index is 1.87. The van der Waals surface area contributed by atoms with Crippen molar-refractivity contribution in [3.8, 4) is 0 Å². The number of aromatic nitrogens is 4. The van der Waals surface area contributed by atoms with Gasteiger partial charge in [0.25, 0.3) is 0 Å². The van der Waals surface area contributed by atoms with Crippen molar-refractivity contribution in [2.24, 2.45) is 5.73 Å². The Labute approximate surface area is 182 Å². The van der Waals surface area contributed by atoms with E-state index in [9.17, 15) is 31.1 Å². The minimum absolute atomic E-state index is 0.0561. The normalized spacial score (nSPS) is 12.5. The number of aryl methyl sites for hydroxylation is 1. The van der Waals surface area contributed by atoms with E-state index in [4.69, 9.17) is 5.73 Å². The molecule has 0 atom stereocenters. The number of halogens is 6. The number of imidazole rings is 2. The number of hydrogen-bond acceptors (Lipinski definition) is 3. The number of nitrogens with zero attached hydrogens (tertiary/aromatic N) is 4. The third-order valence-electron chi connectivity index (χ3n) is 5.32. The van der Waals surface area contributed by atoms with Gasteiger partial charge in [-0.05, 0) is 35.9 Å². The van der Waals surface area contributed by atoms with Crippen LogP contribution in [-0.4, -0.2) is 31.3 Å². The van der Waals surface area contributed by atoms with Gasteiger partial charge in [0, 0.05) is 19.5 Å². The molecule has 2 N–H and O–H groups in total. The summed E-state index contributed by atoms with van der Waals surface area (Å²) in [6.07, 6.45) is -7.76. The van der Waals surface area contributed by atoms with Crippen molar-refractivity contribution in [3.63, 3.8) is 0 Å². The van der Waals surface area contributed by atoms with Gasteiger partial charge in [0.05, 0.1) is 28.6 Å². The summed E-state index contributed by atoms with van der Waals surface area (Å²) in [5, 5.41) is 0. The highest BCUT2D eigenvalue weighted by molar-refractivity contribution is 5.78. The predicted octanol–water partition coefficient (Wildman–Crippen LogP) is 4.02. The highest BCUT2D eigenvalue weighted by Gasteiger charge is 2.31. The molecule has 0 aliphatic heterocycles. The Kier molecular flexibility index (Phi) is 5.95. The Hall–Kier alpha value is -3.28. The zero-order chi connectivity index (χ0) is 23.9. The first-order valence-corrected chi connectivity index (χ1v) is 9.99. The number of hydrogen-bond donors (Lipinski definition) is 1. The molecule has 4 aromatic rings. The molecule has 0 amide bonds. The third-order valence-corrected chi connectivity index (χ3v) is 5.32. The molecule has 0 spiro atoms. The molecule has 2 aromatic heterocycles. The summed E-state index contributed by atoms with van der Waals surface area (Å²) in [5.74, 6) is -0.559. The largest absolute Gasteiger partial charge is 0.406 e. The maximum atomic E-state index is 13.9. The SMILES string of the molecule is NCc1ccc2c(c1)nc(Cn1c(=O)n(CC(F)(F)F)c3ccc(F)cc31)n2CCC(F)F. The van der Waals surface area contributed by atoms with Crippen molar-refractivity contribution < 1.29 is 26.3 Å². The molecule has 33 heavy (non-hydrogen) atoms. The fourth-order valence-corrected chi connectivity index (χ4v) is 3.87. The quantitative estimate of drug-likeness (QED) is 0.414. The summed E-state index contributed by atoms with van der Waals surface area (Å²) in [6.45, 7) is -1.79. The lowest BCUT2D eigenvalue weighted by atomic mass is 10.2. The van der Waals surface area contributed by atoms with Gasteiger partial charge in [-0.15, -0.1) is 0 Å². The van der Waals surface area contributed by atoms with Crippen LogP contribution in [0.5, 0.6) is 0 Å². The maximum Gasteiger partial charge on any atom is 0.406 e. The van der Waals surface area contributed by atoms with E-state index in [1.54, 1.807) is 18.2 Å². The Morgan fingerprint density at radius 2 is 1.70 bits per heavy atom. The van der Waals surface area contributed by atoms with E-state index in [0.29, 0.717) is 15.6 Å². The number of nitrogens with two attached hydrogens (primary N) is 1. The van der Waals surface area contributed by atoms with Gasteiger partial charge in [0.1, 0.15) is 18.2 Å². The van der Waals surface area contributed by atoms with E-state index >= 15 is 0 Å². The number of rotatable bonds is 7. The maximum absolute atomic E-state index is 13.9. The van der Waals surface area contributed by atoms with E-state index in [1.807, 2.05) is 0 Å². The second-order valence-electron chi connectivity index (χ2n) is 7.59. The minimum Gasteiger partial charge on any atom is -0.326 e. The molecular formula is C21H19F6N5O. The molecule has 2 heterocycles. The van der Waals surface area contributed by atoms with E-state index < -0.39 is 37.1 Å². The van der Waals surface area contributed by atoms with Crippen LogP contribution in [0.4, 0.5) is 26.3 Å². The Morgan fingerprint density at radius 1 is 0.970 bits per heavy atom.